The molecule has 0 bridgehead atoms. The fourth-order valence-corrected chi connectivity index (χ4v) is 0.923. The van der Waals surface area contributed by atoms with Crippen molar-refractivity contribution in [2.45, 2.75) is 13.3 Å². The molecular weight excluding hydrogens is 190 g/mol. The van der Waals surface area contributed by atoms with Crippen molar-refractivity contribution in [3.63, 3.8) is 0 Å². The highest BCUT2D eigenvalue weighted by atomic mass is 19.3. The van der Waals surface area contributed by atoms with E-state index in [1.54, 1.807) is 18.2 Å². The van der Waals surface area contributed by atoms with E-state index in [1.165, 1.54) is 0 Å². The van der Waals surface area contributed by atoms with Gasteiger partial charge in [-0.3, -0.25) is 0 Å². The molecule has 14 heavy (non-hydrogen) atoms. The average Bonchev–Trinajstić information content (AvgIpc) is 2.16. The lowest BCUT2D eigenvalue weighted by Gasteiger charge is -2.06. The summed E-state index contributed by atoms with van der Waals surface area (Å²) < 4.78 is 28.4. The molecule has 0 atom stereocenters. The van der Waals surface area contributed by atoms with Crippen LogP contribution in [0.4, 0.5) is 14.6 Å². The molecule has 0 aliphatic heterocycles. The number of aromatic nitrogens is 1. The van der Waals surface area contributed by atoms with Crippen molar-refractivity contribution in [3.05, 3.63) is 18.2 Å². The molecule has 0 aromatic carbocycles. The summed E-state index contributed by atoms with van der Waals surface area (Å²) in [5.41, 5.74) is 0. The maximum absolute atomic E-state index is 11.8. The van der Waals surface area contributed by atoms with Gasteiger partial charge in [0.25, 0.3) is 6.43 Å². The van der Waals surface area contributed by atoms with Crippen LogP contribution in [0.5, 0.6) is 5.88 Å². The molecule has 0 unspecified atom stereocenters. The van der Waals surface area contributed by atoms with Gasteiger partial charge in [-0.05, 0) is 13.0 Å². The maximum atomic E-state index is 11.8. The van der Waals surface area contributed by atoms with Crippen LogP contribution in [0.15, 0.2) is 18.2 Å². The highest BCUT2D eigenvalue weighted by Crippen LogP contribution is 2.11. The Bertz CT molecular complexity index is 281. The van der Waals surface area contributed by atoms with Gasteiger partial charge in [-0.25, -0.2) is 8.78 Å². The van der Waals surface area contributed by atoms with E-state index in [2.05, 4.69) is 10.3 Å². The summed E-state index contributed by atoms with van der Waals surface area (Å²) in [4.78, 5) is 3.97. The van der Waals surface area contributed by atoms with E-state index in [0.717, 1.165) is 6.54 Å². The standard InChI is InChI=1S/C9H12F2N2O/c1-2-12-8-4-3-5-9(13-8)14-6-7(10)11/h3-5,7H,2,6H2,1H3,(H,12,13). The molecule has 1 heterocycles. The predicted octanol–water partition coefficient (Wildman–Crippen LogP) is 2.16. The van der Waals surface area contributed by atoms with Crippen LogP contribution in [0.1, 0.15) is 6.92 Å². The van der Waals surface area contributed by atoms with E-state index < -0.39 is 13.0 Å². The Labute approximate surface area is 81.1 Å². The van der Waals surface area contributed by atoms with Gasteiger partial charge < -0.3 is 10.1 Å². The van der Waals surface area contributed by atoms with Gasteiger partial charge in [0, 0.05) is 12.6 Å². The van der Waals surface area contributed by atoms with Gasteiger partial charge in [-0.2, -0.15) is 4.98 Å². The normalized spacial score (nSPS) is 10.3. The minimum atomic E-state index is -2.47. The first kappa shape index (κ1) is 10.7. The van der Waals surface area contributed by atoms with Gasteiger partial charge in [-0.15, -0.1) is 0 Å². The van der Waals surface area contributed by atoms with Gasteiger partial charge in [0.2, 0.25) is 5.88 Å². The minimum Gasteiger partial charge on any atom is -0.472 e. The molecule has 0 saturated heterocycles. The maximum Gasteiger partial charge on any atom is 0.272 e. The second-order valence-corrected chi connectivity index (χ2v) is 2.59. The Balaban J connectivity index is 2.54. The lowest BCUT2D eigenvalue weighted by atomic mass is 10.4. The number of anilines is 1. The molecule has 0 radical (unpaired) electrons. The molecular formula is C9H12F2N2O. The van der Waals surface area contributed by atoms with E-state index in [1.807, 2.05) is 6.92 Å². The van der Waals surface area contributed by atoms with Crippen molar-refractivity contribution < 1.29 is 13.5 Å². The Hall–Kier alpha value is -1.39. The first-order valence-electron chi connectivity index (χ1n) is 4.34. The smallest absolute Gasteiger partial charge is 0.272 e. The Morgan fingerprint density at radius 2 is 2.29 bits per heavy atom. The van der Waals surface area contributed by atoms with E-state index >= 15 is 0 Å². The summed E-state index contributed by atoms with van der Waals surface area (Å²) in [5.74, 6) is 0.836. The van der Waals surface area contributed by atoms with E-state index in [9.17, 15) is 8.78 Å². The molecule has 0 saturated carbocycles. The zero-order chi connectivity index (χ0) is 10.4. The van der Waals surface area contributed by atoms with Gasteiger partial charge >= 0.3 is 0 Å². The number of hydrogen-bond donors (Lipinski definition) is 1. The van der Waals surface area contributed by atoms with Crippen LogP contribution >= 0.6 is 0 Å². The van der Waals surface area contributed by atoms with E-state index in [4.69, 9.17) is 4.74 Å². The van der Waals surface area contributed by atoms with Crippen LogP contribution in [-0.2, 0) is 0 Å². The van der Waals surface area contributed by atoms with Crippen molar-refractivity contribution in [2.24, 2.45) is 0 Å². The molecule has 1 aromatic rings. The Morgan fingerprint density at radius 1 is 1.50 bits per heavy atom. The monoisotopic (exact) mass is 202 g/mol. The van der Waals surface area contributed by atoms with Gasteiger partial charge in [0.15, 0.2) is 6.61 Å². The number of rotatable bonds is 5. The van der Waals surface area contributed by atoms with Crippen LogP contribution in [0.25, 0.3) is 0 Å². The summed E-state index contributed by atoms with van der Waals surface area (Å²) in [6.45, 7) is 2.03. The van der Waals surface area contributed by atoms with Gasteiger partial charge in [0.05, 0.1) is 0 Å². The number of halogens is 2. The fraction of sp³-hybridized carbons (Fsp3) is 0.444. The number of alkyl halides is 2. The van der Waals surface area contributed by atoms with Crippen LogP contribution in [0.2, 0.25) is 0 Å². The minimum absolute atomic E-state index is 0.212. The predicted molar refractivity (Wildman–Crippen MR) is 49.9 cm³/mol. The molecule has 1 rings (SSSR count). The zero-order valence-corrected chi connectivity index (χ0v) is 7.84. The number of nitrogens with zero attached hydrogens (tertiary/aromatic N) is 1. The van der Waals surface area contributed by atoms with Crippen molar-refractivity contribution in [1.29, 1.82) is 0 Å². The summed E-state index contributed by atoms with van der Waals surface area (Å²) in [7, 11) is 0. The average molecular weight is 202 g/mol. The van der Waals surface area contributed by atoms with Crippen LogP contribution in [0, 0.1) is 0 Å². The summed E-state index contributed by atoms with van der Waals surface area (Å²) in [6, 6.07) is 4.99. The highest BCUT2D eigenvalue weighted by Gasteiger charge is 2.04. The molecule has 1 N–H and O–H groups in total. The molecule has 1 aromatic heterocycles. The first-order valence-corrected chi connectivity index (χ1v) is 4.34. The van der Waals surface area contributed by atoms with E-state index in [-0.39, 0.29) is 5.88 Å². The largest absolute Gasteiger partial charge is 0.472 e. The Kier molecular flexibility index (Phi) is 4.10. The number of pyridine rings is 1. The second kappa shape index (κ2) is 5.36. The fourth-order valence-electron chi connectivity index (χ4n) is 0.923. The zero-order valence-electron chi connectivity index (χ0n) is 7.84. The lowest BCUT2D eigenvalue weighted by molar-refractivity contribution is 0.0796. The van der Waals surface area contributed by atoms with Crippen LogP contribution in [0.3, 0.4) is 0 Å². The summed E-state index contributed by atoms with van der Waals surface area (Å²) in [5, 5.41) is 2.96. The Morgan fingerprint density at radius 3 is 2.93 bits per heavy atom. The highest BCUT2D eigenvalue weighted by molar-refractivity contribution is 5.36. The third-order valence-corrected chi connectivity index (χ3v) is 1.44. The van der Waals surface area contributed by atoms with Gasteiger partial charge in [-0.1, -0.05) is 6.07 Å². The second-order valence-electron chi connectivity index (χ2n) is 2.59. The molecule has 78 valence electrons. The lowest BCUT2D eigenvalue weighted by Crippen LogP contribution is -2.08. The third-order valence-electron chi connectivity index (χ3n) is 1.44. The SMILES string of the molecule is CCNc1cccc(OCC(F)F)n1. The summed E-state index contributed by atoms with van der Waals surface area (Å²) in [6.07, 6.45) is -2.47. The molecule has 0 amide bonds. The van der Waals surface area contributed by atoms with E-state index in [0.29, 0.717) is 5.82 Å². The number of nitrogens with one attached hydrogen (secondary N) is 1. The van der Waals surface area contributed by atoms with Crippen LogP contribution in [-0.4, -0.2) is 24.6 Å². The first-order chi connectivity index (χ1) is 6.72. The summed E-state index contributed by atoms with van der Waals surface area (Å²) >= 11 is 0. The van der Waals surface area contributed by atoms with Crippen molar-refractivity contribution in [3.8, 4) is 5.88 Å². The molecule has 0 spiro atoms. The molecule has 0 aliphatic carbocycles. The molecule has 3 nitrogen and oxygen atoms in total. The quantitative estimate of drug-likeness (QED) is 0.794. The molecule has 0 aliphatic rings. The van der Waals surface area contributed by atoms with Crippen LogP contribution < -0.4 is 10.1 Å². The van der Waals surface area contributed by atoms with Crippen molar-refractivity contribution in [1.82, 2.24) is 4.98 Å². The van der Waals surface area contributed by atoms with Crippen molar-refractivity contribution in [2.75, 3.05) is 18.5 Å². The molecule has 5 heteroatoms. The van der Waals surface area contributed by atoms with Crippen molar-refractivity contribution >= 4 is 5.82 Å². The third kappa shape index (κ3) is 3.55. The molecule has 0 fully saturated rings. The topological polar surface area (TPSA) is 34.1 Å². The number of ether oxygens (including phenoxy) is 1. The van der Waals surface area contributed by atoms with Gasteiger partial charge in [0.1, 0.15) is 5.82 Å². The number of hydrogen-bond acceptors (Lipinski definition) is 3.